The number of anilines is 1. The van der Waals surface area contributed by atoms with E-state index >= 15 is 0 Å². The summed E-state index contributed by atoms with van der Waals surface area (Å²) in [7, 11) is 0. The van der Waals surface area contributed by atoms with Crippen LogP contribution in [0.3, 0.4) is 0 Å². The number of halogens is 2. The molecule has 4 nitrogen and oxygen atoms in total. The van der Waals surface area contributed by atoms with Gasteiger partial charge in [0.05, 0.1) is 11.3 Å². The van der Waals surface area contributed by atoms with Gasteiger partial charge in [-0.25, -0.2) is 13.6 Å². The van der Waals surface area contributed by atoms with Crippen molar-refractivity contribution in [3.8, 4) is 0 Å². The summed E-state index contributed by atoms with van der Waals surface area (Å²) in [6.07, 6.45) is -0.811. The third-order valence-electron chi connectivity index (χ3n) is 2.34. The van der Waals surface area contributed by atoms with Gasteiger partial charge in [-0.2, -0.15) is 0 Å². The lowest BCUT2D eigenvalue weighted by Gasteiger charge is -2.24. The smallest absolute Gasteiger partial charge is 0.412 e. The van der Waals surface area contributed by atoms with Crippen molar-refractivity contribution in [2.24, 2.45) is 0 Å². The lowest BCUT2D eigenvalue weighted by molar-refractivity contribution is 0.0630. The van der Waals surface area contributed by atoms with Crippen molar-refractivity contribution in [2.75, 3.05) is 5.32 Å². The Morgan fingerprint density at radius 1 is 1.20 bits per heavy atom. The van der Waals surface area contributed by atoms with Crippen molar-refractivity contribution >= 4 is 11.8 Å². The number of amides is 1. The van der Waals surface area contributed by atoms with Crippen LogP contribution in [-0.4, -0.2) is 16.8 Å². The summed E-state index contributed by atoms with van der Waals surface area (Å²) < 4.78 is 32.1. The molecule has 0 spiro atoms. The van der Waals surface area contributed by atoms with Crippen LogP contribution in [0.25, 0.3) is 0 Å². The van der Waals surface area contributed by atoms with E-state index in [4.69, 9.17) is 4.74 Å². The van der Waals surface area contributed by atoms with E-state index in [-0.39, 0.29) is 11.3 Å². The lowest BCUT2D eigenvalue weighted by atomic mass is 9.95. The lowest BCUT2D eigenvalue weighted by Crippen LogP contribution is -2.29. The molecule has 0 atom stereocenters. The zero-order valence-electron chi connectivity index (χ0n) is 12.2. The minimum Gasteiger partial charge on any atom is -0.444 e. The summed E-state index contributed by atoms with van der Waals surface area (Å²) in [5, 5.41) is 12.2. The van der Waals surface area contributed by atoms with Crippen LogP contribution in [0.15, 0.2) is 12.1 Å². The number of nitrogens with one attached hydrogen (secondary N) is 1. The Morgan fingerprint density at radius 2 is 1.75 bits per heavy atom. The molecule has 0 bridgehead atoms. The van der Waals surface area contributed by atoms with Crippen LogP contribution in [0, 0.1) is 11.6 Å². The molecule has 112 valence electrons. The molecule has 0 heterocycles. The molecule has 0 saturated heterocycles. The molecule has 1 aromatic carbocycles. The highest BCUT2D eigenvalue weighted by atomic mass is 19.2. The SMILES string of the molecule is CC(C)(C)OC(=O)Nc1ccc(F)c(F)c1C(C)(C)O. The number of carbonyl (C=O) groups excluding carboxylic acids is 1. The fourth-order valence-electron chi connectivity index (χ4n) is 1.67. The van der Waals surface area contributed by atoms with Gasteiger partial charge in [-0.1, -0.05) is 0 Å². The quantitative estimate of drug-likeness (QED) is 0.874. The standard InChI is InChI=1S/C14H19F2NO3/c1-13(2,3)20-12(18)17-9-7-6-8(15)11(16)10(9)14(4,5)19/h6-7,19H,1-5H3,(H,17,18). The fourth-order valence-corrected chi connectivity index (χ4v) is 1.67. The number of hydrogen-bond donors (Lipinski definition) is 2. The van der Waals surface area contributed by atoms with Crippen molar-refractivity contribution in [3.05, 3.63) is 29.3 Å². The average molecular weight is 287 g/mol. The van der Waals surface area contributed by atoms with Crippen LogP contribution in [0.1, 0.15) is 40.2 Å². The van der Waals surface area contributed by atoms with Gasteiger partial charge in [-0.15, -0.1) is 0 Å². The first-order valence-corrected chi connectivity index (χ1v) is 6.12. The minimum atomic E-state index is -1.66. The van der Waals surface area contributed by atoms with Gasteiger partial charge in [0.1, 0.15) is 5.60 Å². The molecule has 0 aromatic heterocycles. The highest BCUT2D eigenvalue weighted by molar-refractivity contribution is 5.86. The van der Waals surface area contributed by atoms with Crippen LogP contribution in [0.2, 0.25) is 0 Å². The Hall–Kier alpha value is -1.69. The zero-order chi connectivity index (χ0) is 15.7. The molecule has 0 radical (unpaired) electrons. The van der Waals surface area contributed by atoms with Crippen molar-refractivity contribution in [1.82, 2.24) is 0 Å². The first-order valence-electron chi connectivity index (χ1n) is 6.12. The summed E-state index contributed by atoms with van der Waals surface area (Å²) >= 11 is 0. The Bertz CT molecular complexity index is 516. The zero-order valence-corrected chi connectivity index (χ0v) is 12.2. The van der Waals surface area contributed by atoms with Gasteiger partial charge < -0.3 is 9.84 Å². The predicted octanol–water partition coefficient (Wildman–Crippen LogP) is 3.54. The van der Waals surface area contributed by atoms with Gasteiger partial charge >= 0.3 is 6.09 Å². The monoisotopic (exact) mass is 287 g/mol. The summed E-state index contributed by atoms with van der Waals surface area (Å²) in [6.45, 7) is 7.62. The predicted molar refractivity (Wildman–Crippen MR) is 71.5 cm³/mol. The largest absolute Gasteiger partial charge is 0.444 e. The van der Waals surface area contributed by atoms with Crippen molar-refractivity contribution in [2.45, 2.75) is 45.8 Å². The Kier molecular flexibility index (Phi) is 4.39. The van der Waals surface area contributed by atoms with Gasteiger partial charge in [0.15, 0.2) is 11.6 Å². The number of ether oxygens (including phenoxy) is 1. The van der Waals surface area contributed by atoms with Crippen LogP contribution >= 0.6 is 0 Å². The summed E-state index contributed by atoms with van der Waals surface area (Å²) in [6, 6.07) is 2.05. The molecule has 1 aromatic rings. The summed E-state index contributed by atoms with van der Waals surface area (Å²) in [4.78, 5) is 11.7. The molecule has 0 aliphatic carbocycles. The summed E-state index contributed by atoms with van der Waals surface area (Å²) in [5.74, 6) is -2.30. The molecule has 1 rings (SSSR count). The maximum atomic E-state index is 13.8. The van der Waals surface area contributed by atoms with Crippen LogP contribution in [0.5, 0.6) is 0 Å². The van der Waals surface area contributed by atoms with E-state index in [2.05, 4.69) is 5.32 Å². The average Bonchev–Trinajstić information content (AvgIpc) is 2.18. The van der Waals surface area contributed by atoms with E-state index in [0.29, 0.717) is 0 Å². The van der Waals surface area contributed by atoms with Crippen LogP contribution < -0.4 is 5.32 Å². The van der Waals surface area contributed by atoms with Gasteiger partial charge in [-0.05, 0) is 46.8 Å². The number of aliphatic hydroxyl groups is 1. The number of rotatable bonds is 2. The third-order valence-corrected chi connectivity index (χ3v) is 2.34. The Labute approximate surface area is 116 Å². The molecule has 6 heteroatoms. The van der Waals surface area contributed by atoms with Crippen LogP contribution in [0.4, 0.5) is 19.3 Å². The third kappa shape index (κ3) is 4.16. The molecular weight excluding hydrogens is 268 g/mol. The van der Waals surface area contributed by atoms with E-state index < -0.39 is 28.9 Å². The fraction of sp³-hybridized carbons (Fsp3) is 0.500. The minimum absolute atomic E-state index is 0.0364. The normalized spacial score (nSPS) is 12.2. The van der Waals surface area contributed by atoms with Crippen molar-refractivity contribution in [3.63, 3.8) is 0 Å². The van der Waals surface area contributed by atoms with E-state index in [1.54, 1.807) is 20.8 Å². The molecular formula is C14H19F2NO3. The second kappa shape index (κ2) is 5.36. The maximum Gasteiger partial charge on any atom is 0.412 e. The number of hydrogen-bond acceptors (Lipinski definition) is 3. The first kappa shape index (κ1) is 16.4. The van der Waals surface area contributed by atoms with E-state index in [1.165, 1.54) is 19.9 Å². The van der Waals surface area contributed by atoms with Crippen molar-refractivity contribution in [1.29, 1.82) is 0 Å². The molecule has 1 amide bonds. The second-order valence-electron chi connectivity index (χ2n) is 5.97. The number of carbonyl (C=O) groups is 1. The Morgan fingerprint density at radius 3 is 2.20 bits per heavy atom. The van der Waals surface area contributed by atoms with Crippen molar-refractivity contribution < 1.29 is 23.4 Å². The second-order valence-corrected chi connectivity index (χ2v) is 5.97. The molecule has 0 saturated carbocycles. The molecule has 20 heavy (non-hydrogen) atoms. The van der Waals surface area contributed by atoms with Gasteiger partial charge in [-0.3, -0.25) is 5.32 Å². The molecule has 0 aliphatic rings. The van der Waals surface area contributed by atoms with Crippen LogP contribution in [-0.2, 0) is 10.3 Å². The Balaban J connectivity index is 3.14. The molecule has 0 unspecified atom stereocenters. The van der Waals surface area contributed by atoms with Gasteiger partial charge in [0, 0.05) is 5.56 Å². The topological polar surface area (TPSA) is 58.6 Å². The van der Waals surface area contributed by atoms with Gasteiger partial charge in [0.25, 0.3) is 0 Å². The highest BCUT2D eigenvalue weighted by Crippen LogP contribution is 2.32. The molecule has 0 fully saturated rings. The van der Waals surface area contributed by atoms with E-state index in [0.717, 1.165) is 6.07 Å². The summed E-state index contributed by atoms with van der Waals surface area (Å²) in [5.41, 5.74) is -2.75. The van der Waals surface area contributed by atoms with Gasteiger partial charge in [0.2, 0.25) is 0 Å². The van der Waals surface area contributed by atoms with E-state index in [9.17, 15) is 18.7 Å². The molecule has 2 N–H and O–H groups in total. The molecule has 0 aliphatic heterocycles. The first-order chi connectivity index (χ1) is 8.92. The number of benzene rings is 1. The maximum absolute atomic E-state index is 13.8. The van der Waals surface area contributed by atoms with E-state index in [1.807, 2.05) is 0 Å². The highest BCUT2D eigenvalue weighted by Gasteiger charge is 2.28.